The Hall–Kier alpha value is -2.97. The van der Waals surface area contributed by atoms with Gasteiger partial charge < -0.3 is 15.0 Å². The van der Waals surface area contributed by atoms with Crippen molar-refractivity contribution < 1.29 is 14.3 Å². The standard InChI is InChI=1S/C21H19ClN4O3S/c1-29-16-8-2-5-13(11-16)21(28)26-10-4-9-17(26)19-24-25-20(30-19)18(27)23-15-7-3-6-14(22)12-15/h2-3,5-8,11-12,17H,4,9-10H2,1H3,(H,23,27). The fourth-order valence-electron chi connectivity index (χ4n) is 3.40. The quantitative estimate of drug-likeness (QED) is 0.631. The lowest BCUT2D eigenvalue weighted by Crippen LogP contribution is -2.30. The van der Waals surface area contributed by atoms with E-state index in [-0.39, 0.29) is 22.9 Å². The minimum atomic E-state index is -0.357. The predicted octanol–water partition coefficient (Wildman–Crippen LogP) is 4.43. The Labute approximate surface area is 182 Å². The molecule has 1 unspecified atom stereocenters. The largest absolute Gasteiger partial charge is 0.497 e. The summed E-state index contributed by atoms with van der Waals surface area (Å²) in [4.78, 5) is 27.4. The lowest BCUT2D eigenvalue weighted by Gasteiger charge is -2.23. The maximum Gasteiger partial charge on any atom is 0.286 e. The van der Waals surface area contributed by atoms with E-state index in [1.54, 1.807) is 60.5 Å². The van der Waals surface area contributed by atoms with Crippen LogP contribution in [0.2, 0.25) is 5.02 Å². The van der Waals surface area contributed by atoms with Crippen LogP contribution in [0.15, 0.2) is 48.5 Å². The third-order valence-electron chi connectivity index (χ3n) is 4.83. The van der Waals surface area contributed by atoms with Crippen LogP contribution in [0.1, 0.15) is 44.1 Å². The van der Waals surface area contributed by atoms with Crippen LogP contribution in [0.3, 0.4) is 0 Å². The van der Waals surface area contributed by atoms with Gasteiger partial charge in [-0.2, -0.15) is 0 Å². The average Bonchev–Trinajstić information content (AvgIpc) is 3.43. The van der Waals surface area contributed by atoms with Crippen LogP contribution in [0.5, 0.6) is 5.75 Å². The number of benzene rings is 2. The van der Waals surface area contributed by atoms with E-state index in [9.17, 15) is 9.59 Å². The number of likely N-dealkylation sites (tertiary alicyclic amines) is 1. The Morgan fingerprint density at radius 3 is 2.83 bits per heavy atom. The average molecular weight is 443 g/mol. The summed E-state index contributed by atoms with van der Waals surface area (Å²) in [6.07, 6.45) is 1.64. The number of hydrogen-bond acceptors (Lipinski definition) is 6. The van der Waals surface area contributed by atoms with Gasteiger partial charge in [0.2, 0.25) is 5.01 Å². The zero-order chi connectivity index (χ0) is 21.1. The summed E-state index contributed by atoms with van der Waals surface area (Å²) in [7, 11) is 1.57. The summed E-state index contributed by atoms with van der Waals surface area (Å²) in [5.74, 6) is 0.189. The molecular formula is C21H19ClN4O3S. The predicted molar refractivity (Wildman–Crippen MR) is 115 cm³/mol. The molecule has 1 fully saturated rings. The maximum absolute atomic E-state index is 13.0. The summed E-state index contributed by atoms with van der Waals surface area (Å²) in [6, 6.07) is 13.8. The van der Waals surface area contributed by atoms with Crippen LogP contribution in [-0.2, 0) is 0 Å². The number of carbonyl (C=O) groups excluding carboxylic acids is 2. The molecule has 1 N–H and O–H groups in total. The zero-order valence-corrected chi connectivity index (χ0v) is 17.7. The number of anilines is 1. The second-order valence-electron chi connectivity index (χ2n) is 6.80. The fraction of sp³-hybridized carbons (Fsp3) is 0.238. The van der Waals surface area contributed by atoms with Crippen LogP contribution in [-0.4, -0.2) is 40.6 Å². The first-order valence-corrected chi connectivity index (χ1v) is 10.6. The Bertz CT molecular complexity index is 1090. The molecule has 0 radical (unpaired) electrons. The molecule has 0 aliphatic carbocycles. The molecule has 3 aromatic rings. The van der Waals surface area contributed by atoms with Gasteiger partial charge in [-0.1, -0.05) is 35.1 Å². The number of ether oxygens (including phenoxy) is 1. The maximum atomic E-state index is 13.0. The molecular weight excluding hydrogens is 424 g/mol. The molecule has 0 spiro atoms. The highest BCUT2D eigenvalue weighted by molar-refractivity contribution is 7.13. The third kappa shape index (κ3) is 4.29. The van der Waals surface area contributed by atoms with E-state index >= 15 is 0 Å². The number of halogens is 1. The van der Waals surface area contributed by atoms with Crippen molar-refractivity contribution in [2.75, 3.05) is 19.0 Å². The Morgan fingerprint density at radius 2 is 2.03 bits per heavy atom. The normalized spacial score (nSPS) is 15.8. The van der Waals surface area contributed by atoms with Crippen molar-refractivity contribution >= 4 is 40.4 Å². The van der Waals surface area contributed by atoms with E-state index in [4.69, 9.17) is 16.3 Å². The fourth-order valence-corrected chi connectivity index (χ4v) is 4.48. The van der Waals surface area contributed by atoms with Gasteiger partial charge in [0.25, 0.3) is 11.8 Å². The van der Waals surface area contributed by atoms with E-state index in [2.05, 4.69) is 15.5 Å². The van der Waals surface area contributed by atoms with Crippen molar-refractivity contribution in [2.24, 2.45) is 0 Å². The molecule has 2 amide bonds. The van der Waals surface area contributed by atoms with Gasteiger partial charge in [-0.3, -0.25) is 9.59 Å². The molecule has 1 aliphatic rings. The Kier molecular flexibility index (Phi) is 5.96. The number of nitrogens with zero attached hydrogens (tertiary/aromatic N) is 3. The van der Waals surface area contributed by atoms with Crippen LogP contribution in [0.25, 0.3) is 0 Å². The van der Waals surface area contributed by atoms with Gasteiger partial charge in [-0.15, -0.1) is 10.2 Å². The van der Waals surface area contributed by atoms with Gasteiger partial charge in [0.1, 0.15) is 10.8 Å². The highest BCUT2D eigenvalue weighted by Crippen LogP contribution is 2.35. The van der Waals surface area contributed by atoms with Gasteiger partial charge >= 0.3 is 0 Å². The van der Waals surface area contributed by atoms with E-state index in [1.165, 1.54) is 11.3 Å². The molecule has 2 heterocycles. The Balaban J connectivity index is 1.50. The smallest absolute Gasteiger partial charge is 0.286 e. The highest BCUT2D eigenvalue weighted by Gasteiger charge is 2.33. The SMILES string of the molecule is COc1cccc(C(=O)N2CCCC2c2nnc(C(=O)Nc3cccc(Cl)c3)s2)c1. The van der Waals surface area contributed by atoms with E-state index < -0.39 is 0 Å². The number of amides is 2. The van der Waals surface area contributed by atoms with Crippen molar-refractivity contribution in [3.05, 3.63) is 69.1 Å². The van der Waals surface area contributed by atoms with Crippen LogP contribution < -0.4 is 10.1 Å². The Morgan fingerprint density at radius 1 is 1.20 bits per heavy atom. The van der Waals surface area contributed by atoms with E-state index in [1.807, 2.05) is 0 Å². The summed E-state index contributed by atoms with van der Waals surface area (Å²) in [6.45, 7) is 0.629. The molecule has 1 saturated heterocycles. The first kappa shape index (κ1) is 20.3. The summed E-state index contributed by atoms with van der Waals surface area (Å²) >= 11 is 7.16. The van der Waals surface area contributed by atoms with Crippen molar-refractivity contribution in [1.29, 1.82) is 0 Å². The molecule has 9 heteroatoms. The lowest BCUT2D eigenvalue weighted by molar-refractivity contribution is 0.0734. The first-order chi connectivity index (χ1) is 14.5. The number of nitrogens with one attached hydrogen (secondary N) is 1. The molecule has 7 nitrogen and oxygen atoms in total. The van der Waals surface area contributed by atoms with Crippen molar-refractivity contribution in [2.45, 2.75) is 18.9 Å². The molecule has 2 aromatic carbocycles. The van der Waals surface area contributed by atoms with E-state index in [0.717, 1.165) is 12.8 Å². The van der Waals surface area contributed by atoms with Crippen LogP contribution in [0, 0.1) is 0 Å². The van der Waals surface area contributed by atoms with E-state index in [0.29, 0.717) is 33.6 Å². The number of rotatable bonds is 5. The highest BCUT2D eigenvalue weighted by atomic mass is 35.5. The van der Waals surface area contributed by atoms with Gasteiger partial charge in [0.05, 0.1) is 13.2 Å². The third-order valence-corrected chi connectivity index (χ3v) is 6.09. The number of carbonyl (C=O) groups is 2. The summed E-state index contributed by atoms with van der Waals surface area (Å²) in [5.41, 5.74) is 1.14. The molecule has 4 rings (SSSR count). The number of methoxy groups -OCH3 is 1. The lowest BCUT2D eigenvalue weighted by atomic mass is 10.1. The minimum absolute atomic E-state index is 0.0865. The second-order valence-corrected chi connectivity index (χ2v) is 8.24. The molecule has 0 bridgehead atoms. The van der Waals surface area contributed by atoms with Crippen molar-refractivity contribution in [3.63, 3.8) is 0 Å². The summed E-state index contributed by atoms with van der Waals surface area (Å²) < 4.78 is 5.22. The molecule has 1 atom stereocenters. The van der Waals surface area contributed by atoms with Gasteiger partial charge in [0, 0.05) is 22.8 Å². The monoisotopic (exact) mass is 442 g/mol. The molecule has 0 saturated carbocycles. The van der Waals surface area contributed by atoms with Crippen molar-refractivity contribution in [3.8, 4) is 5.75 Å². The molecule has 154 valence electrons. The molecule has 1 aromatic heterocycles. The number of hydrogen-bond donors (Lipinski definition) is 1. The minimum Gasteiger partial charge on any atom is -0.497 e. The number of aromatic nitrogens is 2. The van der Waals surface area contributed by atoms with Gasteiger partial charge in [0.15, 0.2) is 0 Å². The second kappa shape index (κ2) is 8.81. The molecule has 30 heavy (non-hydrogen) atoms. The van der Waals surface area contributed by atoms with Crippen molar-refractivity contribution in [1.82, 2.24) is 15.1 Å². The first-order valence-electron chi connectivity index (χ1n) is 9.40. The zero-order valence-electron chi connectivity index (χ0n) is 16.2. The molecule has 1 aliphatic heterocycles. The van der Waals surface area contributed by atoms with Gasteiger partial charge in [-0.25, -0.2) is 0 Å². The summed E-state index contributed by atoms with van der Waals surface area (Å²) in [5, 5.41) is 12.4. The van der Waals surface area contributed by atoms with Crippen LogP contribution in [0.4, 0.5) is 5.69 Å². The van der Waals surface area contributed by atoms with Gasteiger partial charge in [-0.05, 0) is 49.2 Å². The van der Waals surface area contributed by atoms with Crippen LogP contribution >= 0.6 is 22.9 Å². The topological polar surface area (TPSA) is 84.4 Å².